The quantitative estimate of drug-likeness (QED) is 0.713. The molecule has 2 rings (SSSR count). The lowest BCUT2D eigenvalue weighted by Gasteiger charge is -2.00. The van der Waals surface area contributed by atoms with Crippen molar-refractivity contribution in [3.63, 3.8) is 0 Å². The van der Waals surface area contributed by atoms with Crippen molar-refractivity contribution in [1.82, 2.24) is 19.6 Å². The topological polar surface area (TPSA) is 89.1 Å². The van der Waals surface area contributed by atoms with E-state index in [1.165, 1.54) is 10.6 Å². The minimum absolute atomic E-state index is 0.0893. The molecule has 0 fully saturated rings. The molecule has 0 aliphatic carbocycles. The molecule has 2 aromatic heterocycles. The van der Waals surface area contributed by atoms with Crippen molar-refractivity contribution in [2.75, 3.05) is 6.54 Å². The van der Waals surface area contributed by atoms with Gasteiger partial charge in [-0.1, -0.05) is 6.92 Å². The number of nitrogens with zero attached hydrogens (tertiary/aromatic N) is 3. The van der Waals surface area contributed by atoms with E-state index in [0.717, 1.165) is 0 Å². The first-order valence-corrected chi connectivity index (χ1v) is 4.78. The Kier molecular flexibility index (Phi) is 2.28. The zero-order valence-electron chi connectivity index (χ0n) is 8.69. The van der Waals surface area contributed by atoms with Crippen LogP contribution in [0.15, 0.2) is 10.9 Å². The van der Waals surface area contributed by atoms with E-state index in [1.54, 1.807) is 6.92 Å². The van der Waals surface area contributed by atoms with Gasteiger partial charge in [0.05, 0.1) is 0 Å². The lowest BCUT2D eigenvalue weighted by atomic mass is 10.2. The summed E-state index contributed by atoms with van der Waals surface area (Å²) in [4.78, 5) is 19.9. The molecule has 0 bridgehead atoms. The summed E-state index contributed by atoms with van der Waals surface area (Å²) >= 11 is 0. The Labute approximate surface area is 86.1 Å². The van der Waals surface area contributed by atoms with Crippen molar-refractivity contribution in [2.45, 2.75) is 19.8 Å². The normalized spacial score (nSPS) is 13.3. The maximum atomic E-state index is 11.5. The SMILES string of the molecule is Cc1cc(=O)n2[nH]c(C(C)CN)nc2n1. The third kappa shape index (κ3) is 1.63. The van der Waals surface area contributed by atoms with Gasteiger partial charge in [0.2, 0.25) is 0 Å². The Morgan fingerprint density at radius 2 is 2.33 bits per heavy atom. The van der Waals surface area contributed by atoms with Gasteiger partial charge >= 0.3 is 0 Å². The molecule has 0 saturated heterocycles. The molecule has 6 heteroatoms. The molecule has 3 N–H and O–H groups in total. The molecule has 15 heavy (non-hydrogen) atoms. The number of rotatable bonds is 2. The molecule has 80 valence electrons. The van der Waals surface area contributed by atoms with Gasteiger partial charge in [0.25, 0.3) is 11.3 Å². The summed E-state index contributed by atoms with van der Waals surface area (Å²) < 4.78 is 1.33. The molecule has 0 aliphatic rings. The van der Waals surface area contributed by atoms with E-state index in [4.69, 9.17) is 5.73 Å². The van der Waals surface area contributed by atoms with Crippen LogP contribution in [0, 0.1) is 6.92 Å². The number of fused-ring (bicyclic) bond motifs is 1. The van der Waals surface area contributed by atoms with E-state index < -0.39 is 0 Å². The zero-order chi connectivity index (χ0) is 11.0. The van der Waals surface area contributed by atoms with E-state index in [9.17, 15) is 4.79 Å². The lowest BCUT2D eigenvalue weighted by molar-refractivity contribution is 0.704. The predicted octanol–water partition coefficient (Wildman–Crippen LogP) is -0.212. The van der Waals surface area contributed by atoms with Gasteiger partial charge in [0, 0.05) is 24.2 Å². The van der Waals surface area contributed by atoms with Crippen LogP contribution in [0.1, 0.15) is 24.4 Å². The zero-order valence-corrected chi connectivity index (χ0v) is 8.69. The van der Waals surface area contributed by atoms with Crippen LogP contribution in [-0.2, 0) is 0 Å². The predicted molar refractivity (Wildman–Crippen MR) is 55.8 cm³/mol. The Morgan fingerprint density at radius 3 is 3.00 bits per heavy atom. The van der Waals surface area contributed by atoms with Gasteiger partial charge in [-0.3, -0.25) is 9.89 Å². The summed E-state index contributed by atoms with van der Waals surface area (Å²) in [6, 6.07) is 1.46. The smallest absolute Gasteiger partial charge is 0.274 e. The van der Waals surface area contributed by atoms with Crippen LogP contribution in [0.3, 0.4) is 0 Å². The van der Waals surface area contributed by atoms with Crippen LogP contribution in [0.25, 0.3) is 5.78 Å². The fourth-order valence-electron chi connectivity index (χ4n) is 1.34. The Balaban J connectivity index is 2.65. The lowest BCUT2D eigenvalue weighted by Crippen LogP contribution is -2.15. The van der Waals surface area contributed by atoms with Crippen molar-refractivity contribution in [3.05, 3.63) is 27.9 Å². The summed E-state index contributed by atoms with van der Waals surface area (Å²) in [6.07, 6.45) is 0. The molecular formula is C9H13N5O. The van der Waals surface area contributed by atoms with Crippen LogP contribution in [0.4, 0.5) is 0 Å². The van der Waals surface area contributed by atoms with Gasteiger partial charge < -0.3 is 5.73 Å². The van der Waals surface area contributed by atoms with Crippen molar-refractivity contribution >= 4 is 5.78 Å². The number of hydrogen-bond acceptors (Lipinski definition) is 4. The van der Waals surface area contributed by atoms with Crippen molar-refractivity contribution < 1.29 is 0 Å². The van der Waals surface area contributed by atoms with Gasteiger partial charge in [-0.05, 0) is 6.92 Å². The third-order valence-electron chi connectivity index (χ3n) is 2.30. The van der Waals surface area contributed by atoms with E-state index >= 15 is 0 Å². The number of aryl methyl sites for hydroxylation is 1. The van der Waals surface area contributed by atoms with Crippen LogP contribution in [-0.4, -0.2) is 26.1 Å². The van der Waals surface area contributed by atoms with Crippen LogP contribution in [0.5, 0.6) is 0 Å². The molecule has 1 atom stereocenters. The van der Waals surface area contributed by atoms with E-state index in [1.807, 2.05) is 6.92 Å². The number of aromatic amines is 1. The van der Waals surface area contributed by atoms with Crippen LogP contribution >= 0.6 is 0 Å². The minimum atomic E-state index is -0.152. The molecule has 0 aromatic carbocycles. The summed E-state index contributed by atoms with van der Waals surface area (Å²) in [7, 11) is 0. The second kappa shape index (κ2) is 3.47. The van der Waals surface area contributed by atoms with Gasteiger partial charge in [0.1, 0.15) is 5.82 Å². The van der Waals surface area contributed by atoms with Crippen LogP contribution in [0.2, 0.25) is 0 Å². The molecule has 1 unspecified atom stereocenters. The first kappa shape index (κ1) is 9.85. The second-order valence-corrected chi connectivity index (χ2v) is 3.62. The Bertz CT molecular complexity index is 541. The summed E-state index contributed by atoms with van der Waals surface area (Å²) in [5, 5.41) is 2.89. The Morgan fingerprint density at radius 1 is 1.60 bits per heavy atom. The van der Waals surface area contributed by atoms with Gasteiger partial charge in [-0.25, -0.2) is 4.98 Å². The molecule has 2 heterocycles. The molecule has 0 saturated carbocycles. The van der Waals surface area contributed by atoms with Crippen LogP contribution < -0.4 is 11.3 Å². The minimum Gasteiger partial charge on any atom is -0.330 e. The first-order chi connectivity index (χ1) is 7.11. The van der Waals surface area contributed by atoms with Gasteiger partial charge in [-0.15, -0.1) is 0 Å². The number of nitrogens with one attached hydrogen (secondary N) is 1. The molecule has 0 spiro atoms. The average Bonchev–Trinajstić information content (AvgIpc) is 2.60. The van der Waals surface area contributed by atoms with Crippen molar-refractivity contribution in [3.8, 4) is 0 Å². The fourth-order valence-corrected chi connectivity index (χ4v) is 1.34. The largest absolute Gasteiger partial charge is 0.330 e. The molecule has 2 aromatic rings. The van der Waals surface area contributed by atoms with Gasteiger partial charge in [0.15, 0.2) is 0 Å². The molecule has 0 amide bonds. The summed E-state index contributed by atoms with van der Waals surface area (Å²) in [5.74, 6) is 1.18. The number of H-pyrrole nitrogens is 1. The maximum absolute atomic E-state index is 11.5. The van der Waals surface area contributed by atoms with Gasteiger partial charge in [-0.2, -0.15) is 9.50 Å². The Hall–Kier alpha value is -1.69. The summed E-state index contributed by atoms with van der Waals surface area (Å²) in [6.45, 7) is 4.19. The van der Waals surface area contributed by atoms with E-state index in [-0.39, 0.29) is 11.5 Å². The van der Waals surface area contributed by atoms with Crippen molar-refractivity contribution in [1.29, 1.82) is 0 Å². The second-order valence-electron chi connectivity index (χ2n) is 3.62. The number of hydrogen-bond donors (Lipinski definition) is 2. The third-order valence-corrected chi connectivity index (χ3v) is 2.30. The highest BCUT2D eigenvalue weighted by Crippen LogP contribution is 2.08. The summed E-state index contributed by atoms with van der Waals surface area (Å²) in [5.41, 5.74) is 6.04. The average molecular weight is 207 g/mol. The highest BCUT2D eigenvalue weighted by Gasteiger charge is 2.10. The molecular weight excluding hydrogens is 194 g/mol. The highest BCUT2D eigenvalue weighted by atomic mass is 16.1. The standard InChI is InChI=1S/C9H13N5O/c1-5(4-10)8-12-9-11-6(2)3-7(15)14(9)13-8/h3,5H,4,10H2,1-2H3,(H,11,12,13). The molecule has 6 nitrogen and oxygen atoms in total. The van der Waals surface area contributed by atoms with E-state index in [0.29, 0.717) is 23.8 Å². The maximum Gasteiger partial charge on any atom is 0.274 e. The number of nitrogens with two attached hydrogens (primary N) is 1. The fraction of sp³-hybridized carbons (Fsp3) is 0.444. The molecule has 0 aliphatic heterocycles. The molecule has 0 radical (unpaired) electrons. The number of aromatic nitrogens is 4. The van der Waals surface area contributed by atoms with E-state index in [2.05, 4.69) is 15.1 Å². The monoisotopic (exact) mass is 207 g/mol. The first-order valence-electron chi connectivity index (χ1n) is 4.78. The van der Waals surface area contributed by atoms with Crippen molar-refractivity contribution in [2.24, 2.45) is 5.73 Å². The highest BCUT2D eigenvalue weighted by molar-refractivity contribution is 5.28.